The number of carbonyl (C=O) groups excluding carboxylic acids is 2. The number of hydrogen-bond acceptors (Lipinski definition) is 8. The van der Waals surface area contributed by atoms with Gasteiger partial charge in [-0.25, -0.2) is 15.0 Å². The van der Waals surface area contributed by atoms with Crippen molar-refractivity contribution in [1.29, 1.82) is 0 Å². The Morgan fingerprint density at radius 3 is 1.96 bits per heavy atom. The Balaban J connectivity index is 2.36. The third-order valence-electron chi connectivity index (χ3n) is 7.09. The molecule has 51 heavy (non-hydrogen) atoms. The summed E-state index contributed by atoms with van der Waals surface area (Å²) in [6.07, 6.45) is 32.6. The predicted molar refractivity (Wildman–Crippen MR) is 203 cm³/mol. The Hall–Kier alpha value is -3.87. The first-order valence-corrected chi connectivity index (χ1v) is 19.2. The average Bonchev–Trinajstić information content (AvgIpc) is 3.11. The van der Waals surface area contributed by atoms with Crippen molar-refractivity contribution in [2.75, 3.05) is 33.4 Å². The molecule has 1 amide bonds. The van der Waals surface area contributed by atoms with Crippen LogP contribution in [0.15, 0.2) is 94.8 Å². The highest BCUT2D eigenvalue weighted by molar-refractivity contribution is 7.54. The number of allylic oxidation sites excluding steroid dienone is 12. The van der Waals surface area contributed by atoms with Crippen LogP contribution in [0, 0.1) is 0 Å². The molecular formula is C37H58N5O8P. The van der Waals surface area contributed by atoms with Gasteiger partial charge in [0, 0.05) is 31.8 Å². The van der Waals surface area contributed by atoms with E-state index in [4.69, 9.17) is 9.26 Å². The highest BCUT2D eigenvalue weighted by atomic mass is 31.2. The van der Waals surface area contributed by atoms with Gasteiger partial charge in [-0.15, -0.1) is 0 Å². The van der Waals surface area contributed by atoms with Crippen LogP contribution in [0.25, 0.3) is 0 Å². The van der Waals surface area contributed by atoms with E-state index in [1.54, 1.807) is 6.92 Å². The van der Waals surface area contributed by atoms with Crippen molar-refractivity contribution < 1.29 is 28.2 Å². The van der Waals surface area contributed by atoms with Crippen molar-refractivity contribution in [2.24, 2.45) is 0 Å². The zero-order chi connectivity index (χ0) is 37.6. The smallest absolute Gasteiger partial charge is 0.341 e. The van der Waals surface area contributed by atoms with Crippen LogP contribution in [0.3, 0.4) is 0 Å². The SMILES string of the molecule is CC/C=C\C/C=C\C/C=C\C/C=C\C/C=C\C/C=C\CCC(=O)NCCNP(=O)(NCC(=O)OC)OCC(CC)OC(C)n1ccc(=O)[nH]c1=O. The predicted octanol–water partition coefficient (Wildman–Crippen LogP) is 5.92. The van der Waals surface area contributed by atoms with Crippen LogP contribution in [0.5, 0.6) is 0 Å². The summed E-state index contributed by atoms with van der Waals surface area (Å²) in [6, 6.07) is 1.21. The van der Waals surface area contributed by atoms with E-state index in [0.29, 0.717) is 19.3 Å². The molecule has 0 spiro atoms. The Bertz CT molecular complexity index is 1480. The third kappa shape index (κ3) is 23.3. The summed E-state index contributed by atoms with van der Waals surface area (Å²) < 4.78 is 30.9. The fraction of sp³-hybridized carbons (Fsp3) is 0.514. The molecule has 1 aromatic rings. The molecule has 0 aliphatic heterocycles. The number of H-pyrrole nitrogens is 1. The number of hydrogen-bond donors (Lipinski definition) is 4. The molecule has 284 valence electrons. The minimum absolute atomic E-state index is 0.0952. The number of aromatic nitrogens is 2. The van der Waals surface area contributed by atoms with Crippen molar-refractivity contribution in [3.63, 3.8) is 0 Å². The lowest BCUT2D eigenvalue weighted by Gasteiger charge is -2.26. The molecule has 0 aliphatic carbocycles. The van der Waals surface area contributed by atoms with Crippen molar-refractivity contribution in [3.05, 3.63) is 106 Å². The Morgan fingerprint density at radius 2 is 1.43 bits per heavy atom. The molecule has 3 atom stereocenters. The summed E-state index contributed by atoms with van der Waals surface area (Å²) in [4.78, 5) is 49.6. The average molecular weight is 732 g/mol. The van der Waals surface area contributed by atoms with Crippen LogP contribution < -0.4 is 26.7 Å². The lowest BCUT2D eigenvalue weighted by atomic mass is 10.2. The van der Waals surface area contributed by atoms with Crippen LogP contribution in [0.2, 0.25) is 0 Å². The number of ether oxygens (including phenoxy) is 2. The first-order chi connectivity index (χ1) is 24.6. The molecule has 0 aliphatic rings. The minimum atomic E-state index is -3.78. The maximum Gasteiger partial charge on any atom is 0.341 e. The van der Waals surface area contributed by atoms with Gasteiger partial charge in [0.15, 0.2) is 0 Å². The molecular weight excluding hydrogens is 673 g/mol. The molecule has 0 bridgehead atoms. The van der Waals surface area contributed by atoms with Gasteiger partial charge >= 0.3 is 19.3 Å². The van der Waals surface area contributed by atoms with Gasteiger partial charge in [-0.05, 0) is 58.3 Å². The number of nitrogens with one attached hydrogen (secondary N) is 4. The monoisotopic (exact) mass is 731 g/mol. The second-order valence-corrected chi connectivity index (χ2v) is 13.2. The number of methoxy groups -OCH3 is 1. The minimum Gasteiger partial charge on any atom is -0.468 e. The van der Waals surface area contributed by atoms with Gasteiger partial charge in [-0.1, -0.05) is 86.8 Å². The summed E-state index contributed by atoms with van der Waals surface area (Å²) in [7, 11) is -2.57. The summed E-state index contributed by atoms with van der Waals surface area (Å²) >= 11 is 0. The van der Waals surface area contributed by atoms with Gasteiger partial charge in [-0.3, -0.25) is 28.5 Å². The second-order valence-electron chi connectivity index (χ2n) is 11.3. The molecule has 0 saturated heterocycles. The normalized spacial score (nSPS) is 14.7. The first-order valence-electron chi connectivity index (χ1n) is 17.6. The number of rotatable bonds is 28. The topological polar surface area (TPSA) is 170 Å². The van der Waals surface area contributed by atoms with Crippen LogP contribution in [-0.2, 0) is 28.2 Å². The lowest BCUT2D eigenvalue weighted by molar-refractivity contribution is -0.139. The number of aromatic amines is 1. The zero-order valence-corrected chi connectivity index (χ0v) is 31.5. The van der Waals surface area contributed by atoms with Gasteiger partial charge in [0.2, 0.25) is 5.91 Å². The van der Waals surface area contributed by atoms with E-state index >= 15 is 0 Å². The molecule has 0 radical (unpaired) electrons. The number of amides is 1. The van der Waals surface area contributed by atoms with E-state index in [-0.39, 0.29) is 32.1 Å². The second kappa shape index (κ2) is 28.8. The van der Waals surface area contributed by atoms with E-state index in [9.17, 15) is 23.7 Å². The summed E-state index contributed by atoms with van der Waals surface area (Å²) in [5.41, 5.74) is -1.15. The summed E-state index contributed by atoms with van der Waals surface area (Å²) in [5, 5.41) is 8.09. The molecule has 13 nitrogen and oxygen atoms in total. The van der Waals surface area contributed by atoms with Crippen molar-refractivity contribution in [3.8, 4) is 0 Å². The first kappa shape index (κ1) is 45.2. The quantitative estimate of drug-likeness (QED) is 0.0351. The van der Waals surface area contributed by atoms with E-state index in [0.717, 1.165) is 38.5 Å². The molecule has 0 saturated carbocycles. The standard InChI is InChI=1S/C37H58N5O8P/c1-5-7-8-9-10-11-12-13-14-15-16-17-18-19-20-21-22-23-24-25-34(43)38-27-28-39-51(47,40-30-36(45)48-4)49-31-33(6-2)50-32(3)42-29-26-35(44)41-37(42)46/h7-8,10-11,13-14,16-17,19-20,22-23,26,29,32-33H,5-6,9,12,15,18,21,24-25,27-28,30-31H2,1-4H3,(H,38,43)(H2,39,40,47)(H,41,44,46)/b8-7-,11-10-,14-13-,17-16-,20-19-,23-22-. The molecule has 0 aromatic carbocycles. The molecule has 1 rings (SSSR count). The van der Waals surface area contributed by atoms with E-state index in [1.807, 2.05) is 19.1 Å². The van der Waals surface area contributed by atoms with Crippen molar-refractivity contribution in [2.45, 2.75) is 90.9 Å². The highest BCUT2D eigenvalue weighted by Gasteiger charge is 2.26. The fourth-order valence-electron chi connectivity index (χ4n) is 4.23. The number of esters is 1. The maximum absolute atomic E-state index is 13.5. The van der Waals surface area contributed by atoms with Crippen molar-refractivity contribution in [1.82, 2.24) is 25.0 Å². The molecule has 4 N–H and O–H groups in total. The highest BCUT2D eigenvalue weighted by Crippen LogP contribution is 2.37. The van der Waals surface area contributed by atoms with E-state index in [2.05, 4.69) is 92.9 Å². The molecule has 14 heteroatoms. The zero-order valence-electron chi connectivity index (χ0n) is 30.6. The van der Waals surface area contributed by atoms with Crippen LogP contribution in [0.4, 0.5) is 0 Å². The number of nitrogens with zero attached hydrogens (tertiary/aromatic N) is 1. The Kier molecular flexibility index (Phi) is 25.5. The molecule has 1 aromatic heterocycles. The molecule has 3 unspecified atom stereocenters. The van der Waals surface area contributed by atoms with Gasteiger partial charge in [0.1, 0.15) is 12.8 Å². The Labute approximate surface area is 302 Å². The molecule has 0 fully saturated rings. The summed E-state index contributed by atoms with van der Waals surface area (Å²) in [6.45, 7) is 5.34. The van der Waals surface area contributed by atoms with Crippen LogP contribution in [-0.4, -0.2) is 60.9 Å². The molecule has 1 heterocycles. The van der Waals surface area contributed by atoms with Crippen LogP contribution >= 0.6 is 7.67 Å². The van der Waals surface area contributed by atoms with E-state index < -0.39 is 37.2 Å². The van der Waals surface area contributed by atoms with E-state index in [1.165, 1.54) is 23.9 Å². The number of carbonyl (C=O) groups is 2. The summed E-state index contributed by atoms with van der Waals surface area (Å²) in [5.74, 6) is -0.793. The largest absolute Gasteiger partial charge is 0.468 e. The lowest BCUT2D eigenvalue weighted by Crippen LogP contribution is -2.36. The van der Waals surface area contributed by atoms with Gasteiger partial charge in [0.25, 0.3) is 5.56 Å². The third-order valence-corrected chi connectivity index (χ3v) is 8.82. The van der Waals surface area contributed by atoms with Crippen LogP contribution in [0.1, 0.15) is 84.8 Å². The Morgan fingerprint density at radius 1 is 0.863 bits per heavy atom. The maximum atomic E-state index is 13.5. The van der Waals surface area contributed by atoms with Gasteiger partial charge < -0.3 is 19.3 Å². The fourth-order valence-corrected chi connectivity index (χ4v) is 5.65. The van der Waals surface area contributed by atoms with Gasteiger partial charge in [0.05, 0.1) is 19.8 Å². The van der Waals surface area contributed by atoms with Gasteiger partial charge in [-0.2, -0.15) is 0 Å². The van der Waals surface area contributed by atoms with Crippen molar-refractivity contribution >= 4 is 19.5 Å².